The van der Waals surface area contributed by atoms with Crippen LogP contribution in [0.25, 0.3) is 22.3 Å². The van der Waals surface area contributed by atoms with Gasteiger partial charge in [0.1, 0.15) is 47.6 Å². The van der Waals surface area contributed by atoms with Crippen molar-refractivity contribution in [2.24, 2.45) is 0 Å². The number of ether oxygens (including phenoxy) is 3. The summed E-state index contributed by atoms with van der Waals surface area (Å²) in [6.07, 6.45) is 0.925. The van der Waals surface area contributed by atoms with Crippen LogP contribution < -0.4 is 5.73 Å². The van der Waals surface area contributed by atoms with E-state index in [-0.39, 0.29) is 32.1 Å². The van der Waals surface area contributed by atoms with Gasteiger partial charge in [0.2, 0.25) is 0 Å². The fourth-order valence-corrected chi connectivity index (χ4v) is 8.98. The summed E-state index contributed by atoms with van der Waals surface area (Å²) >= 11 is 9.70. The monoisotopic (exact) mass is 685 g/mol. The maximum atomic E-state index is 13.7. The van der Waals surface area contributed by atoms with E-state index in [1.54, 1.807) is 15.5 Å². The molecular formula is C22H25N9O9P2S2. The number of hydrogen-bond acceptors (Lipinski definition) is 16. The summed E-state index contributed by atoms with van der Waals surface area (Å²) < 4.78 is 59.4. The number of hydrogen-bond donors (Lipinski definition) is 3. The molecule has 0 saturated carbocycles. The van der Waals surface area contributed by atoms with Crippen molar-refractivity contribution in [3.8, 4) is 0 Å². The summed E-state index contributed by atoms with van der Waals surface area (Å²) in [5.74, 6) is 0.180. The molecule has 4 bridgehead atoms. The molecule has 4 aromatic heterocycles. The highest BCUT2D eigenvalue weighted by Gasteiger charge is 2.65. The van der Waals surface area contributed by atoms with E-state index in [1.165, 1.54) is 19.0 Å². The predicted octanol–water partition coefficient (Wildman–Crippen LogP) is 1.58. The second-order valence-corrected chi connectivity index (χ2v) is 16.4. The van der Waals surface area contributed by atoms with E-state index in [0.29, 0.717) is 28.0 Å². The molecule has 9 atom stereocenters. The van der Waals surface area contributed by atoms with Crippen molar-refractivity contribution in [2.75, 3.05) is 25.6 Å². The van der Waals surface area contributed by atoms with Crippen LogP contribution in [-0.4, -0.2) is 93.8 Å². The van der Waals surface area contributed by atoms with E-state index in [0.717, 1.165) is 0 Å². The van der Waals surface area contributed by atoms with E-state index in [9.17, 15) is 9.46 Å². The fraction of sp³-hybridized carbons (Fsp3) is 0.545. The summed E-state index contributed by atoms with van der Waals surface area (Å²) in [4.78, 5) is 36.7. The van der Waals surface area contributed by atoms with Crippen LogP contribution >= 0.6 is 25.8 Å². The van der Waals surface area contributed by atoms with Crippen molar-refractivity contribution in [1.82, 2.24) is 39.0 Å². The molecule has 0 aliphatic carbocycles. The standard InChI is InChI=1S/C22H25N9O9P2S2/c1-10-13-18(26-6-24-10)31(8-28-13)21-15-16-22(38-21,4-34-15)5-36-42(33,44)39-12-2-11(3-35-41(32,43)40-16)37-20(12)30-9-29-14-17(23)25-7-27-19(14)30/h6-9,11-12,15-16,20-21H,2-5H2,1H3,(H,32,43)(H,33,44)(H2,23,25,27)/t11-,12+,15+,16-,20+,21+,22+,41?,42?/m0/s1. The number of nitrogens with two attached hydrogens (primary N) is 1. The quantitative estimate of drug-likeness (QED) is 0.202. The van der Waals surface area contributed by atoms with Gasteiger partial charge in [0.25, 0.3) is 0 Å². The fourth-order valence-electron chi connectivity index (χ4n) is 5.99. The number of imidazole rings is 2. The average Bonchev–Trinajstić information content (AvgIpc) is 3.79. The molecule has 22 heteroatoms. The lowest BCUT2D eigenvalue weighted by atomic mass is 10.0. The highest BCUT2D eigenvalue weighted by Crippen LogP contribution is 2.61. The van der Waals surface area contributed by atoms with Crippen LogP contribution in [0.2, 0.25) is 0 Å². The zero-order chi connectivity index (χ0) is 30.4. The molecule has 4 aliphatic heterocycles. The molecule has 44 heavy (non-hydrogen) atoms. The Bertz CT molecular complexity index is 1880. The number of aromatic nitrogens is 8. The molecule has 0 amide bonds. The lowest BCUT2D eigenvalue weighted by Gasteiger charge is -2.33. The third kappa shape index (κ3) is 4.80. The molecule has 18 nitrogen and oxygen atoms in total. The lowest BCUT2D eigenvalue weighted by Crippen LogP contribution is -2.45. The van der Waals surface area contributed by atoms with Crippen LogP contribution in [0.3, 0.4) is 0 Å². The van der Waals surface area contributed by atoms with Gasteiger partial charge in [-0.25, -0.2) is 34.5 Å². The minimum Gasteiger partial charge on any atom is -0.382 e. The van der Waals surface area contributed by atoms with Crippen LogP contribution in [-0.2, 0) is 48.7 Å². The van der Waals surface area contributed by atoms with Gasteiger partial charge in [0.05, 0.1) is 44.3 Å². The number of anilines is 1. The topological polar surface area (TPSA) is 215 Å². The van der Waals surface area contributed by atoms with Crippen LogP contribution in [0.1, 0.15) is 24.6 Å². The molecule has 4 saturated heterocycles. The van der Waals surface area contributed by atoms with E-state index >= 15 is 0 Å². The Kier molecular flexibility index (Phi) is 6.92. The van der Waals surface area contributed by atoms with Crippen molar-refractivity contribution in [3.63, 3.8) is 0 Å². The maximum Gasteiger partial charge on any atom is 0.386 e. The van der Waals surface area contributed by atoms with Gasteiger partial charge in [-0.1, -0.05) is 12.2 Å². The van der Waals surface area contributed by atoms with E-state index in [2.05, 4.69) is 42.2 Å². The largest absolute Gasteiger partial charge is 0.386 e. The second kappa shape index (κ2) is 10.4. The molecule has 4 fully saturated rings. The SMILES string of the molecule is Cc1ncnc2c1ncn2[C@@H]1O[C@@]23CO[C@@H]1[C@@H]2OP(O)(=S)OC[C@@H]1C[C@@H](OP(=O)(S)OC3)[C@H](n2cnc3c(N)ncnc32)O1. The van der Waals surface area contributed by atoms with Gasteiger partial charge < -0.3 is 29.4 Å². The van der Waals surface area contributed by atoms with Gasteiger partial charge in [0.15, 0.2) is 29.6 Å². The number of fused-ring (bicyclic) bond motifs is 4. The molecule has 234 valence electrons. The Balaban J connectivity index is 1.12. The van der Waals surface area contributed by atoms with Gasteiger partial charge in [0, 0.05) is 6.42 Å². The first-order valence-electron chi connectivity index (χ1n) is 13.4. The first-order chi connectivity index (χ1) is 21.0. The molecule has 4 aliphatic rings. The van der Waals surface area contributed by atoms with Crippen LogP contribution in [0.5, 0.6) is 0 Å². The third-order valence-electron chi connectivity index (χ3n) is 8.01. The number of rotatable bonds is 2. The van der Waals surface area contributed by atoms with Gasteiger partial charge >= 0.3 is 13.5 Å². The number of nitrogens with zero attached hydrogens (tertiary/aromatic N) is 8. The molecule has 0 aromatic carbocycles. The normalized spacial score (nSPS) is 39.2. The first kappa shape index (κ1) is 29.2. The molecule has 2 unspecified atom stereocenters. The summed E-state index contributed by atoms with van der Waals surface area (Å²) in [5, 5.41) is 0. The van der Waals surface area contributed by atoms with Crippen LogP contribution in [0.4, 0.5) is 5.82 Å². The maximum absolute atomic E-state index is 13.7. The van der Waals surface area contributed by atoms with E-state index < -0.39 is 56.0 Å². The highest BCUT2D eigenvalue weighted by molar-refractivity contribution is 8.44. The number of nitrogen functional groups attached to an aromatic ring is 1. The molecule has 4 aromatic rings. The second-order valence-electron chi connectivity index (χ2n) is 10.8. The molecular weight excluding hydrogens is 660 g/mol. The molecule has 8 heterocycles. The molecule has 3 N–H and O–H groups in total. The number of aryl methyl sites for hydroxylation is 1. The van der Waals surface area contributed by atoms with Crippen molar-refractivity contribution in [2.45, 2.75) is 55.8 Å². The summed E-state index contributed by atoms with van der Waals surface area (Å²) in [6, 6.07) is 0. The van der Waals surface area contributed by atoms with Gasteiger partial charge in [-0.05, 0) is 18.7 Å². The van der Waals surface area contributed by atoms with E-state index in [1.807, 2.05) is 6.92 Å². The number of thiol groups is 1. The van der Waals surface area contributed by atoms with Gasteiger partial charge in [-0.15, -0.1) is 0 Å². The Labute approximate surface area is 258 Å². The van der Waals surface area contributed by atoms with Gasteiger partial charge in [-0.2, -0.15) is 0 Å². The average molecular weight is 686 g/mol. The van der Waals surface area contributed by atoms with E-state index in [4.69, 9.17) is 49.8 Å². The zero-order valence-electron chi connectivity index (χ0n) is 22.7. The van der Waals surface area contributed by atoms with Crippen molar-refractivity contribution < 1.29 is 41.8 Å². The predicted molar refractivity (Wildman–Crippen MR) is 156 cm³/mol. The molecule has 0 spiro atoms. The molecule has 0 radical (unpaired) electrons. The van der Waals surface area contributed by atoms with Crippen LogP contribution in [0, 0.1) is 6.92 Å². The summed E-state index contributed by atoms with van der Waals surface area (Å²) in [7, 11) is 0. The van der Waals surface area contributed by atoms with Gasteiger partial charge in [-0.3, -0.25) is 22.7 Å². The smallest absolute Gasteiger partial charge is 0.382 e. The highest BCUT2D eigenvalue weighted by atomic mass is 32.7. The first-order valence-corrected chi connectivity index (χ1v) is 18.6. The Morgan fingerprint density at radius 2 is 1.75 bits per heavy atom. The Morgan fingerprint density at radius 1 is 1.02 bits per heavy atom. The summed E-state index contributed by atoms with van der Waals surface area (Å²) in [6.45, 7) is -6.71. The lowest BCUT2D eigenvalue weighted by molar-refractivity contribution is -0.182. The minimum absolute atomic E-state index is 0.0253. The third-order valence-corrected chi connectivity index (χ3v) is 11.2. The molecule has 8 rings (SSSR count). The Hall–Kier alpha value is -2.19. The zero-order valence-corrected chi connectivity index (χ0v) is 26.2. The Morgan fingerprint density at radius 3 is 2.57 bits per heavy atom. The van der Waals surface area contributed by atoms with Crippen molar-refractivity contribution >= 4 is 65.7 Å². The van der Waals surface area contributed by atoms with Crippen molar-refractivity contribution in [3.05, 3.63) is 31.0 Å². The van der Waals surface area contributed by atoms with Crippen LogP contribution in [0.15, 0.2) is 25.3 Å². The minimum atomic E-state index is -4.08. The summed E-state index contributed by atoms with van der Waals surface area (Å²) in [5.41, 5.74) is 7.08. The van der Waals surface area contributed by atoms with Crippen molar-refractivity contribution in [1.29, 1.82) is 0 Å².